The van der Waals surface area contributed by atoms with Crippen molar-refractivity contribution in [2.45, 2.75) is 31.3 Å². The van der Waals surface area contributed by atoms with E-state index in [1.807, 2.05) is 32.0 Å². The zero-order valence-electron chi connectivity index (χ0n) is 15.5. The Labute approximate surface area is 162 Å². The van der Waals surface area contributed by atoms with E-state index in [2.05, 4.69) is 15.0 Å². The number of benzene rings is 1. The number of aryl methyl sites for hydroxylation is 2. The van der Waals surface area contributed by atoms with Gasteiger partial charge in [0.1, 0.15) is 11.1 Å². The van der Waals surface area contributed by atoms with E-state index in [9.17, 15) is 4.79 Å². The molecule has 1 atom stereocenters. The molecule has 1 aromatic heterocycles. The number of nitrogen functional groups attached to an aromatic ring is 1. The maximum absolute atomic E-state index is 13.3. The number of nitrogens with two attached hydrogens (primary N) is 2. The summed E-state index contributed by atoms with van der Waals surface area (Å²) in [5.41, 5.74) is 16.5. The minimum absolute atomic E-state index is 0.0293. The summed E-state index contributed by atoms with van der Waals surface area (Å²) in [6.45, 7) is 5.29. The Morgan fingerprint density at radius 1 is 1.19 bits per heavy atom. The molecule has 0 aliphatic carbocycles. The lowest BCUT2D eigenvalue weighted by atomic mass is 9.97. The molecule has 1 saturated heterocycles. The van der Waals surface area contributed by atoms with Crippen LogP contribution in [0.1, 0.15) is 27.9 Å². The molecule has 0 saturated carbocycles. The van der Waals surface area contributed by atoms with E-state index in [-0.39, 0.29) is 17.9 Å². The maximum Gasteiger partial charge on any atom is 0.341 e. The summed E-state index contributed by atoms with van der Waals surface area (Å²) in [5, 5.41) is 0.823. The first-order chi connectivity index (χ1) is 12.9. The topological polar surface area (TPSA) is 112 Å². The van der Waals surface area contributed by atoms with Gasteiger partial charge in [0.2, 0.25) is 5.95 Å². The summed E-state index contributed by atoms with van der Waals surface area (Å²) in [4.78, 5) is 27.2. The van der Waals surface area contributed by atoms with Crippen LogP contribution in [0.5, 0.6) is 0 Å². The standard InChI is InChI=1S/C19H22N6OS/c1-10-7-11(2)13-8-12(10)15-9-16(24-19(21)23-15)27-6-4-22-17-14(20)3-5-25(17)18(13)26/h7-9,14H,3-6,20H2,1-2H3,(H2,21,23,24)/p+1. The van der Waals surface area contributed by atoms with Gasteiger partial charge in [0, 0.05) is 17.7 Å². The Morgan fingerprint density at radius 3 is 2.78 bits per heavy atom. The van der Waals surface area contributed by atoms with Crippen LogP contribution in [0.4, 0.5) is 5.95 Å². The summed E-state index contributed by atoms with van der Waals surface area (Å²) in [7, 11) is 0. The molecule has 140 valence electrons. The number of carbonyl (C=O) groups excluding carboxylic acids is 1. The van der Waals surface area contributed by atoms with Crippen LogP contribution in [0.15, 0.2) is 23.2 Å². The van der Waals surface area contributed by atoms with Crippen LogP contribution in [0.2, 0.25) is 0 Å². The number of amidine groups is 1. The van der Waals surface area contributed by atoms with E-state index in [1.165, 1.54) is 0 Å². The molecule has 8 heteroatoms. The zero-order valence-corrected chi connectivity index (χ0v) is 16.3. The molecule has 2 aliphatic rings. The van der Waals surface area contributed by atoms with Crippen LogP contribution in [-0.4, -0.2) is 51.5 Å². The van der Waals surface area contributed by atoms with Gasteiger partial charge >= 0.3 is 5.91 Å². The van der Waals surface area contributed by atoms with Crippen LogP contribution in [0.3, 0.4) is 0 Å². The highest BCUT2D eigenvalue weighted by atomic mass is 32.2. The minimum atomic E-state index is -0.147. The van der Waals surface area contributed by atoms with Crippen molar-refractivity contribution in [3.05, 3.63) is 34.9 Å². The lowest BCUT2D eigenvalue weighted by Crippen LogP contribution is -2.79. The second kappa shape index (κ2) is 6.94. The van der Waals surface area contributed by atoms with E-state index in [4.69, 9.17) is 11.5 Å². The molecule has 5 N–H and O–H groups in total. The SMILES string of the molecule is Cc1cc(C)c2cc1C(=O)N1CCC(N)C1=[NH+]CCSc1cc-2nc(N)n1. The fourth-order valence-electron chi connectivity index (χ4n) is 3.66. The van der Waals surface area contributed by atoms with Gasteiger partial charge in [-0.2, -0.15) is 4.90 Å². The molecular formula is C19H23N6OS+. The van der Waals surface area contributed by atoms with Gasteiger partial charge in [-0.25, -0.2) is 14.8 Å². The van der Waals surface area contributed by atoms with Crippen LogP contribution >= 0.6 is 11.8 Å². The molecule has 7 nitrogen and oxygen atoms in total. The normalized spacial score (nSPS) is 19.7. The third kappa shape index (κ3) is 3.30. The number of amides is 1. The van der Waals surface area contributed by atoms with Gasteiger partial charge in [0.05, 0.1) is 24.3 Å². The molecule has 1 unspecified atom stereocenters. The van der Waals surface area contributed by atoms with Gasteiger partial charge in [0.15, 0.2) is 0 Å². The quantitative estimate of drug-likeness (QED) is 0.556. The molecule has 4 bridgehead atoms. The lowest BCUT2D eigenvalue weighted by Gasteiger charge is -2.15. The van der Waals surface area contributed by atoms with Gasteiger partial charge in [-0.15, -0.1) is 11.8 Å². The molecule has 0 spiro atoms. The van der Waals surface area contributed by atoms with Crippen LogP contribution in [-0.2, 0) is 0 Å². The Balaban J connectivity index is 1.91. The second-order valence-electron chi connectivity index (χ2n) is 6.94. The number of fused-ring (bicyclic) bond motifs is 6. The average Bonchev–Trinajstić information content (AvgIpc) is 2.98. The zero-order chi connectivity index (χ0) is 19.1. The Bertz CT molecular complexity index is 957. The largest absolute Gasteiger partial charge is 0.368 e. The number of rotatable bonds is 0. The molecule has 0 radical (unpaired) electrons. The molecule has 3 heterocycles. The third-order valence-electron chi connectivity index (χ3n) is 5.01. The predicted octanol–water partition coefficient (Wildman–Crippen LogP) is 0.101. The molecule has 1 fully saturated rings. The van der Waals surface area contributed by atoms with Crippen molar-refractivity contribution in [2.24, 2.45) is 5.73 Å². The summed E-state index contributed by atoms with van der Waals surface area (Å²) >= 11 is 1.60. The number of carbonyl (C=O) groups is 1. The minimum Gasteiger partial charge on any atom is -0.368 e. The molecular weight excluding hydrogens is 360 g/mol. The Kier molecular flexibility index (Phi) is 4.61. The average molecular weight is 384 g/mol. The smallest absolute Gasteiger partial charge is 0.341 e. The lowest BCUT2D eigenvalue weighted by molar-refractivity contribution is -0.457. The van der Waals surface area contributed by atoms with Crippen molar-refractivity contribution in [3.63, 3.8) is 0 Å². The number of hydrogen-bond donors (Lipinski definition) is 3. The molecule has 1 amide bonds. The highest BCUT2D eigenvalue weighted by molar-refractivity contribution is 7.99. The third-order valence-corrected chi connectivity index (χ3v) is 5.92. The van der Waals surface area contributed by atoms with E-state index in [0.29, 0.717) is 18.7 Å². The molecule has 2 aromatic rings. The fourth-order valence-corrected chi connectivity index (χ4v) is 4.42. The van der Waals surface area contributed by atoms with Gasteiger partial charge in [0.25, 0.3) is 5.84 Å². The number of aromatic nitrogens is 2. The van der Waals surface area contributed by atoms with E-state index < -0.39 is 0 Å². The number of anilines is 1. The molecule has 2 aliphatic heterocycles. The number of hydrogen-bond acceptors (Lipinski definition) is 6. The van der Waals surface area contributed by atoms with Crippen molar-refractivity contribution in [3.8, 4) is 11.3 Å². The predicted molar refractivity (Wildman–Crippen MR) is 107 cm³/mol. The Hall–Kier alpha value is -2.45. The van der Waals surface area contributed by atoms with Crippen molar-refractivity contribution in [1.29, 1.82) is 0 Å². The summed E-state index contributed by atoms with van der Waals surface area (Å²) in [6.07, 6.45) is 0.762. The van der Waals surface area contributed by atoms with Crippen LogP contribution in [0.25, 0.3) is 11.3 Å². The number of nitrogens with one attached hydrogen (secondary N) is 1. The highest BCUT2D eigenvalue weighted by Gasteiger charge is 2.39. The first kappa shape index (κ1) is 17.9. The van der Waals surface area contributed by atoms with E-state index >= 15 is 0 Å². The van der Waals surface area contributed by atoms with Gasteiger partial charge in [-0.3, -0.25) is 4.99 Å². The number of nitrogens with zero attached hydrogens (tertiary/aromatic N) is 3. The Morgan fingerprint density at radius 2 is 1.96 bits per heavy atom. The second-order valence-corrected chi connectivity index (χ2v) is 8.06. The molecule has 27 heavy (non-hydrogen) atoms. The summed E-state index contributed by atoms with van der Waals surface area (Å²) in [5.74, 6) is 1.80. The molecule has 4 rings (SSSR count). The summed E-state index contributed by atoms with van der Waals surface area (Å²) < 4.78 is 0. The van der Waals surface area contributed by atoms with E-state index in [1.54, 1.807) is 16.7 Å². The first-order valence-corrected chi connectivity index (χ1v) is 9.99. The maximum atomic E-state index is 13.3. The first-order valence-electron chi connectivity index (χ1n) is 9.01. The van der Waals surface area contributed by atoms with Gasteiger partial charge < -0.3 is 11.5 Å². The van der Waals surface area contributed by atoms with Gasteiger partial charge in [-0.1, -0.05) is 6.07 Å². The van der Waals surface area contributed by atoms with Crippen LogP contribution < -0.4 is 16.5 Å². The van der Waals surface area contributed by atoms with E-state index in [0.717, 1.165) is 45.4 Å². The van der Waals surface area contributed by atoms with Crippen molar-refractivity contribution >= 4 is 29.5 Å². The summed E-state index contributed by atoms with van der Waals surface area (Å²) in [6, 6.07) is 5.73. The highest BCUT2D eigenvalue weighted by Crippen LogP contribution is 2.29. The van der Waals surface area contributed by atoms with Crippen LogP contribution in [0, 0.1) is 13.8 Å². The number of thioether (sulfide) groups is 1. The monoisotopic (exact) mass is 383 g/mol. The van der Waals surface area contributed by atoms with Crippen molar-refractivity contribution in [1.82, 2.24) is 14.9 Å². The fraction of sp³-hybridized carbons (Fsp3) is 0.368. The van der Waals surface area contributed by atoms with Crippen molar-refractivity contribution in [2.75, 3.05) is 24.6 Å². The van der Waals surface area contributed by atoms with Gasteiger partial charge in [-0.05, 0) is 37.1 Å². The molecule has 1 aromatic carbocycles. The van der Waals surface area contributed by atoms with Crippen molar-refractivity contribution < 1.29 is 9.79 Å².